The molecule has 1 amide bonds. The van der Waals surface area contributed by atoms with Crippen LogP contribution < -0.4 is 5.32 Å². The minimum absolute atomic E-state index is 0.179. The highest BCUT2D eigenvalue weighted by molar-refractivity contribution is 5.91. The highest BCUT2D eigenvalue weighted by Gasteiger charge is 2.36. The van der Waals surface area contributed by atoms with Gasteiger partial charge in [-0.25, -0.2) is 4.79 Å². The molecule has 1 unspecified atom stereocenters. The second-order valence-corrected chi connectivity index (χ2v) is 2.81. The Morgan fingerprint density at radius 1 is 1.62 bits per heavy atom. The zero-order chi connectivity index (χ0) is 9.90. The van der Waals surface area contributed by atoms with Gasteiger partial charge in [0.25, 0.3) is 0 Å². The number of rotatable bonds is 2. The maximum Gasteiger partial charge on any atom is 0.333 e. The van der Waals surface area contributed by atoms with Crippen LogP contribution in [0.25, 0.3) is 0 Å². The Labute approximate surface area is 75.2 Å². The molecule has 2 N–H and O–H groups in total. The van der Waals surface area contributed by atoms with Gasteiger partial charge >= 0.3 is 5.97 Å². The van der Waals surface area contributed by atoms with Gasteiger partial charge in [0.15, 0.2) is 5.54 Å². The second-order valence-electron chi connectivity index (χ2n) is 2.81. The first kappa shape index (κ1) is 9.44. The Kier molecular flexibility index (Phi) is 2.46. The molecule has 1 atom stereocenters. The highest BCUT2D eigenvalue weighted by Crippen LogP contribution is 2.15. The van der Waals surface area contributed by atoms with Crippen LogP contribution in [0.4, 0.5) is 0 Å². The molecule has 5 nitrogen and oxygen atoms in total. The van der Waals surface area contributed by atoms with E-state index >= 15 is 0 Å². The first-order valence-electron chi connectivity index (χ1n) is 3.78. The Hall–Kier alpha value is -1.65. The van der Waals surface area contributed by atoms with E-state index in [9.17, 15) is 9.59 Å². The number of hydrogen-bond donors (Lipinski definition) is 2. The number of carbonyl (C=O) groups is 2. The maximum absolute atomic E-state index is 10.9. The summed E-state index contributed by atoms with van der Waals surface area (Å²) >= 11 is 0. The lowest BCUT2D eigenvalue weighted by Crippen LogP contribution is -2.53. The normalized spacial score (nSPS) is 25.6. The summed E-state index contributed by atoms with van der Waals surface area (Å²) in [6, 6.07) is 0. The summed E-state index contributed by atoms with van der Waals surface area (Å²) in [5, 5.41) is 11.3. The number of nitrogens with zero attached hydrogens (tertiary/aromatic N) is 1. The van der Waals surface area contributed by atoms with Gasteiger partial charge in [-0.3, -0.25) is 9.79 Å². The van der Waals surface area contributed by atoms with Crippen molar-refractivity contribution in [1.82, 2.24) is 5.32 Å². The molecule has 0 fully saturated rings. The second kappa shape index (κ2) is 3.38. The van der Waals surface area contributed by atoms with Crippen molar-refractivity contribution in [1.29, 1.82) is 0 Å². The fourth-order valence-electron chi connectivity index (χ4n) is 1.11. The van der Waals surface area contributed by atoms with Gasteiger partial charge in [0.2, 0.25) is 5.91 Å². The van der Waals surface area contributed by atoms with E-state index in [0.29, 0.717) is 0 Å². The van der Waals surface area contributed by atoms with Crippen LogP contribution in [0.5, 0.6) is 0 Å². The van der Waals surface area contributed by atoms with Gasteiger partial charge in [-0.2, -0.15) is 0 Å². The average Bonchev–Trinajstić information content (AvgIpc) is 2.04. The van der Waals surface area contributed by atoms with Crippen molar-refractivity contribution in [3.05, 3.63) is 12.3 Å². The smallest absolute Gasteiger partial charge is 0.333 e. The van der Waals surface area contributed by atoms with Crippen LogP contribution >= 0.6 is 0 Å². The number of carbonyl (C=O) groups excluding carboxylic acids is 1. The molecule has 0 radical (unpaired) electrons. The Balaban J connectivity index is 2.88. The van der Waals surface area contributed by atoms with Crippen molar-refractivity contribution in [2.45, 2.75) is 18.9 Å². The van der Waals surface area contributed by atoms with Crippen molar-refractivity contribution in [3.63, 3.8) is 0 Å². The summed E-state index contributed by atoms with van der Waals surface area (Å²) in [4.78, 5) is 25.4. The van der Waals surface area contributed by atoms with E-state index in [2.05, 4.69) is 10.3 Å². The third-order valence-corrected chi connectivity index (χ3v) is 1.74. The molecule has 0 spiro atoms. The topological polar surface area (TPSA) is 78.8 Å². The fourth-order valence-corrected chi connectivity index (χ4v) is 1.11. The van der Waals surface area contributed by atoms with Crippen LogP contribution in [-0.4, -0.2) is 28.7 Å². The molecule has 0 bridgehead atoms. The minimum Gasteiger partial charge on any atom is -0.479 e. The van der Waals surface area contributed by atoms with E-state index in [-0.39, 0.29) is 12.3 Å². The number of nitrogens with one attached hydrogen (secondary N) is 1. The van der Waals surface area contributed by atoms with Crippen molar-refractivity contribution in [2.75, 3.05) is 0 Å². The van der Waals surface area contributed by atoms with Crippen LogP contribution in [0.1, 0.15) is 13.3 Å². The molecule has 0 aromatic heterocycles. The third kappa shape index (κ3) is 1.93. The van der Waals surface area contributed by atoms with Gasteiger partial charge in [0.05, 0.1) is 0 Å². The molecule has 0 aliphatic carbocycles. The molecule has 0 aromatic rings. The standard InChI is InChI=1S/C8H10N2O3/c1-6(11)10-8(7(12)13)2-4-9-5-3-8/h2,4-5H,3H2,1H3,(H,10,11)(H,12,13). The summed E-state index contributed by atoms with van der Waals surface area (Å²) in [7, 11) is 0. The molecule has 5 heteroatoms. The minimum atomic E-state index is -1.31. The molecule has 70 valence electrons. The maximum atomic E-state index is 10.9. The fraction of sp³-hybridized carbons (Fsp3) is 0.375. The molecular formula is C8H10N2O3. The van der Waals surface area contributed by atoms with Crippen molar-refractivity contribution < 1.29 is 14.7 Å². The van der Waals surface area contributed by atoms with E-state index in [4.69, 9.17) is 5.11 Å². The molecular weight excluding hydrogens is 172 g/mol. The number of aliphatic carboxylic acids is 1. The van der Waals surface area contributed by atoms with Gasteiger partial charge in [-0.15, -0.1) is 0 Å². The third-order valence-electron chi connectivity index (χ3n) is 1.74. The zero-order valence-electron chi connectivity index (χ0n) is 7.15. The summed E-state index contributed by atoms with van der Waals surface area (Å²) in [5.74, 6) is -1.45. The number of hydrogen-bond acceptors (Lipinski definition) is 3. The number of amides is 1. The SMILES string of the molecule is CC(=O)NC1(C(=O)O)C=CN=CC1. The van der Waals surface area contributed by atoms with E-state index in [1.807, 2.05) is 0 Å². The zero-order valence-corrected chi connectivity index (χ0v) is 7.15. The van der Waals surface area contributed by atoms with E-state index < -0.39 is 11.5 Å². The number of carboxylic acids is 1. The lowest BCUT2D eigenvalue weighted by atomic mass is 9.94. The lowest BCUT2D eigenvalue weighted by molar-refractivity contribution is -0.144. The average molecular weight is 182 g/mol. The molecule has 1 aliphatic rings. The van der Waals surface area contributed by atoms with Crippen LogP contribution in [0.2, 0.25) is 0 Å². The Morgan fingerprint density at radius 3 is 2.69 bits per heavy atom. The molecule has 0 saturated heterocycles. The lowest BCUT2D eigenvalue weighted by Gasteiger charge is -2.26. The molecule has 0 saturated carbocycles. The monoisotopic (exact) mass is 182 g/mol. The molecule has 13 heavy (non-hydrogen) atoms. The Morgan fingerprint density at radius 2 is 2.31 bits per heavy atom. The summed E-state index contributed by atoms with van der Waals surface area (Å²) in [5.41, 5.74) is -1.31. The van der Waals surface area contributed by atoms with Crippen LogP contribution in [0.3, 0.4) is 0 Å². The summed E-state index contributed by atoms with van der Waals surface area (Å²) in [6.45, 7) is 1.28. The van der Waals surface area contributed by atoms with Crippen molar-refractivity contribution >= 4 is 18.1 Å². The van der Waals surface area contributed by atoms with E-state index in [1.54, 1.807) is 0 Å². The van der Waals surface area contributed by atoms with Gasteiger partial charge in [-0.05, 0) is 6.08 Å². The van der Waals surface area contributed by atoms with Gasteiger partial charge in [0, 0.05) is 25.8 Å². The largest absolute Gasteiger partial charge is 0.479 e. The first-order chi connectivity index (χ1) is 6.07. The molecule has 1 aliphatic heterocycles. The molecule has 1 heterocycles. The van der Waals surface area contributed by atoms with E-state index in [0.717, 1.165) is 0 Å². The van der Waals surface area contributed by atoms with Crippen LogP contribution in [0, 0.1) is 0 Å². The van der Waals surface area contributed by atoms with Gasteiger partial charge in [-0.1, -0.05) is 0 Å². The van der Waals surface area contributed by atoms with Crippen LogP contribution in [-0.2, 0) is 9.59 Å². The molecule has 1 rings (SSSR count). The van der Waals surface area contributed by atoms with Gasteiger partial charge < -0.3 is 10.4 Å². The highest BCUT2D eigenvalue weighted by atomic mass is 16.4. The van der Waals surface area contributed by atoms with Crippen molar-refractivity contribution in [2.24, 2.45) is 4.99 Å². The van der Waals surface area contributed by atoms with Crippen molar-refractivity contribution in [3.8, 4) is 0 Å². The Bertz CT molecular complexity index is 296. The predicted molar refractivity (Wildman–Crippen MR) is 46.4 cm³/mol. The number of aliphatic imine (C=N–C) groups is 1. The quantitative estimate of drug-likeness (QED) is 0.627. The summed E-state index contributed by atoms with van der Waals surface area (Å²) < 4.78 is 0. The van der Waals surface area contributed by atoms with E-state index in [1.165, 1.54) is 25.4 Å². The summed E-state index contributed by atoms with van der Waals surface area (Å²) in [6.07, 6.45) is 4.38. The predicted octanol–water partition coefficient (Wildman–Crippen LogP) is -0.0659. The number of carboxylic acid groups (broad SMARTS) is 1. The van der Waals surface area contributed by atoms with Crippen LogP contribution in [0.15, 0.2) is 17.3 Å². The molecule has 0 aromatic carbocycles. The first-order valence-corrected chi connectivity index (χ1v) is 3.78. The van der Waals surface area contributed by atoms with Gasteiger partial charge in [0.1, 0.15) is 0 Å².